The fourth-order valence-electron chi connectivity index (χ4n) is 4.20. The maximum atomic E-state index is 13.5. The van der Waals surface area contributed by atoms with Crippen LogP contribution in [-0.4, -0.2) is 94.0 Å². The normalized spacial score (nSPS) is 14.2. The van der Waals surface area contributed by atoms with E-state index in [0.717, 1.165) is 49.3 Å². The summed E-state index contributed by atoms with van der Waals surface area (Å²) in [6.07, 6.45) is -1.71. The number of anilines is 2. The number of hydrogen-bond acceptors (Lipinski definition) is 7. The summed E-state index contributed by atoms with van der Waals surface area (Å²) in [6.45, 7) is 5.61. The van der Waals surface area contributed by atoms with Gasteiger partial charge in [-0.05, 0) is 55.6 Å². The van der Waals surface area contributed by atoms with Crippen molar-refractivity contribution in [1.82, 2.24) is 29.9 Å². The van der Waals surface area contributed by atoms with E-state index >= 15 is 0 Å². The molecule has 0 radical (unpaired) electrons. The Kier molecular flexibility index (Phi) is 9.70. The maximum absolute atomic E-state index is 13.5. The summed E-state index contributed by atoms with van der Waals surface area (Å²) in [5, 5.41) is 18.7. The summed E-state index contributed by atoms with van der Waals surface area (Å²) >= 11 is 0. The molecule has 3 heterocycles. The smallest absolute Gasteiger partial charge is 0.475 e. The van der Waals surface area contributed by atoms with Gasteiger partial charge in [-0.2, -0.15) is 18.3 Å². The molecule has 0 bridgehead atoms. The highest BCUT2D eigenvalue weighted by Crippen LogP contribution is 2.24. The highest BCUT2D eigenvalue weighted by atomic mass is 19.4. The molecule has 1 aliphatic heterocycles. The number of carboxylic acid groups (broad SMARTS) is 1. The summed E-state index contributed by atoms with van der Waals surface area (Å²) in [4.78, 5) is 30.7. The highest BCUT2D eigenvalue weighted by molar-refractivity contribution is 5.94. The SMILES string of the molecule is CN1CCN(CCNC(=O)c2ccnc(-n3ncc4cc(Nc5cccc(F)c5)ccc43)c2)CC1.O=C(O)C(F)(F)F. The van der Waals surface area contributed by atoms with E-state index in [0.29, 0.717) is 23.6 Å². The molecule has 1 aliphatic rings. The van der Waals surface area contributed by atoms with Crippen LogP contribution in [0.4, 0.5) is 28.9 Å². The fraction of sp³-hybridized carbons (Fsp3) is 0.286. The van der Waals surface area contributed by atoms with Crippen molar-refractivity contribution in [2.24, 2.45) is 0 Å². The first-order valence-corrected chi connectivity index (χ1v) is 13.0. The minimum absolute atomic E-state index is 0.124. The summed E-state index contributed by atoms with van der Waals surface area (Å²) in [5.41, 5.74) is 2.89. The first-order chi connectivity index (χ1) is 20.0. The predicted octanol–water partition coefficient (Wildman–Crippen LogP) is 3.91. The number of fused-ring (bicyclic) bond motifs is 1. The maximum Gasteiger partial charge on any atom is 0.490 e. The lowest BCUT2D eigenvalue weighted by Gasteiger charge is -2.32. The number of benzene rings is 2. The van der Waals surface area contributed by atoms with E-state index in [1.807, 2.05) is 24.3 Å². The number of likely N-dealkylation sites (N-methyl/N-ethyl adjacent to an activating group) is 1. The minimum Gasteiger partial charge on any atom is -0.475 e. The van der Waals surface area contributed by atoms with Crippen molar-refractivity contribution in [2.45, 2.75) is 6.18 Å². The van der Waals surface area contributed by atoms with E-state index in [1.165, 1.54) is 12.1 Å². The van der Waals surface area contributed by atoms with Crippen molar-refractivity contribution >= 4 is 34.2 Å². The summed E-state index contributed by atoms with van der Waals surface area (Å²) in [6, 6.07) is 15.6. The molecule has 1 fully saturated rings. The molecule has 1 saturated heterocycles. The number of carbonyl (C=O) groups is 2. The number of hydrogen-bond donors (Lipinski definition) is 3. The molecule has 2 aromatic carbocycles. The van der Waals surface area contributed by atoms with Crippen LogP contribution in [0.25, 0.3) is 16.7 Å². The zero-order valence-corrected chi connectivity index (χ0v) is 22.6. The van der Waals surface area contributed by atoms with Crippen molar-refractivity contribution in [3.63, 3.8) is 0 Å². The Balaban J connectivity index is 0.000000517. The van der Waals surface area contributed by atoms with Crippen LogP contribution in [0.3, 0.4) is 0 Å². The Morgan fingerprint density at radius 3 is 2.40 bits per heavy atom. The molecule has 0 aliphatic carbocycles. The lowest BCUT2D eigenvalue weighted by atomic mass is 10.2. The van der Waals surface area contributed by atoms with Crippen LogP contribution < -0.4 is 10.6 Å². The molecule has 0 atom stereocenters. The molecule has 0 spiro atoms. The minimum atomic E-state index is -5.08. The monoisotopic (exact) mass is 587 g/mol. The number of alkyl halides is 3. The van der Waals surface area contributed by atoms with E-state index in [4.69, 9.17) is 9.90 Å². The van der Waals surface area contributed by atoms with Crippen LogP contribution in [0.5, 0.6) is 0 Å². The largest absolute Gasteiger partial charge is 0.490 e. The summed E-state index contributed by atoms with van der Waals surface area (Å²) in [5.74, 6) is -2.61. The Morgan fingerprint density at radius 2 is 1.71 bits per heavy atom. The van der Waals surface area contributed by atoms with Crippen LogP contribution in [0.1, 0.15) is 10.4 Å². The van der Waals surface area contributed by atoms with Crippen LogP contribution in [0, 0.1) is 5.82 Å². The standard InChI is InChI=1S/C26H28FN7O.C2HF3O2/c1-32-11-13-33(14-12-32)10-9-29-26(35)19-7-8-28-25(16-19)34-24-6-5-23(15-20(24)18-30-34)31-22-4-2-3-21(27)17-22;3-2(4,5)1(6)7/h2-8,15-18,31H,9-14H2,1H3,(H,29,35);(H,6,7). The number of rotatable bonds is 7. The van der Waals surface area contributed by atoms with E-state index < -0.39 is 12.1 Å². The second-order valence-electron chi connectivity index (χ2n) is 9.57. The molecule has 1 amide bonds. The second-order valence-corrected chi connectivity index (χ2v) is 9.57. The lowest BCUT2D eigenvalue weighted by Crippen LogP contribution is -2.46. The molecule has 14 heteroatoms. The van der Waals surface area contributed by atoms with Gasteiger partial charge in [0.15, 0.2) is 5.82 Å². The number of aromatic nitrogens is 3. The number of nitrogens with zero attached hydrogens (tertiary/aromatic N) is 5. The first-order valence-electron chi connectivity index (χ1n) is 13.0. The molecular weight excluding hydrogens is 558 g/mol. The Morgan fingerprint density at radius 1 is 1.00 bits per heavy atom. The molecule has 222 valence electrons. The Hall–Kier alpha value is -4.56. The number of carbonyl (C=O) groups excluding carboxylic acids is 1. The van der Waals surface area contributed by atoms with Gasteiger partial charge in [0.2, 0.25) is 0 Å². The van der Waals surface area contributed by atoms with Crippen molar-refractivity contribution in [3.05, 3.63) is 78.4 Å². The molecule has 42 heavy (non-hydrogen) atoms. The average Bonchev–Trinajstić information content (AvgIpc) is 3.37. The number of pyridine rings is 1. The van der Waals surface area contributed by atoms with Gasteiger partial charge in [-0.15, -0.1) is 0 Å². The zero-order valence-electron chi connectivity index (χ0n) is 22.6. The number of aliphatic carboxylic acids is 1. The van der Waals surface area contributed by atoms with Crippen LogP contribution in [-0.2, 0) is 4.79 Å². The van der Waals surface area contributed by atoms with Gasteiger partial charge < -0.3 is 20.6 Å². The molecule has 4 aromatic rings. The molecule has 2 aromatic heterocycles. The molecule has 0 unspecified atom stereocenters. The van der Waals surface area contributed by atoms with Crippen molar-refractivity contribution in [3.8, 4) is 5.82 Å². The average molecular weight is 588 g/mol. The first kappa shape index (κ1) is 30.4. The van der Waals surface area contributed by atoms with E-state index in [2.05, 4.69) is 37.6 Å². The van der Waals surface area contributed by atoms with Crippen molar-refractivity contribution in [2.75, 3.05) is 51.6 Å². The van der Waals surface area contributed by atoms with E-state index in [1.54, 1.807) is 35.3 Å². The molecule has 10 nitrogen and oxygen atoms in total. The third-order valence-corrected chi connectivity index (χ3v) is 6.46. The van der Waals surface area contributed by atoms with Gasteiger partial charge in [-0.25, -0.2) is 18.9 Å². The summed E-state index contributed by atoms with van der Waals surface area (Å²) < 4.78 is 46.9. The molecule has 0 saturated carbocycles. The van der Waals surface area contributed by atoms with Gasteiger partial charge in [0.25, 0.3) is 5.91 Å². The third kappa shape index (κ3) is 8.24. The highest BCUT2D eigenvalue weighted by Gasteiger charge is 2.38. The number of amides is 1. The molecule has 3 N–H and O–H groups in total. The summed E-state index contributed by atoms with van der Waals surface area (Å²) in [7, 11) is 2.13. The predicted molar refractivity (Wildman–Crippen MR) is 149 cm³/mol. The zero-order chi connectivity index (χ0) is 30.3. The topological polar surface area (TPSA) is 116 Å². The number of halogens is 4. The number of nitrogens with one attached hydrogen (secondary N) is 2. The molecular formula is C28H29F4N7O3. The van der Waals surface area contributed by atoms with Gasteiger partial charge in [-0.3, -0.25) is 9.69 Å². The van der Waals surface area contributed by atoms with Gasteiger partial charge >= 0.3 is 12.1 Å². The van der Waals surface area contributed by atoms with Gasteiger partial charge in [-0.1, -0.05) is 6.07 Å². The van der Waals surface area contributed by atoms with Crippen molar-refractivity contribution in [1.29, 1.82) is 0 Å². The molecule has 5 rings (SSSR count). The van der Waals surface area contributed by atoms with Crippen molar-refractivity contribution < 1.29 is 32.3 Å². The van der Waals surface area contributed by atoms with E-state index in [9.17, 15) is 22.4 Å². The number of carboxylic acids is 1. The quantitative estimate of drug-likeness (QED) is 0.279. The van der Waals surface area contributed by atoms with Gasteiger partial charge in [0.05, 0.1) is 11.7 Å². The Bertz CT molecular complexity index is 1540. The number of piperazine rings is 1. The second kappa shape index (κ2) is 13.4. The fourth-order valence-corrected chi connectivity index (χ4v) is 4.20. The Labute approximate surface area is 238 Å². The van der Waals surface area contributed by atoms with Crippen LogP contribution in [0.2, 0.25) is 0 Å². The third-order valence-electron chi connectivity index (χ3n) is 6.46. The van der Waals surface area contributed by atoms with E-state index in [-0.39, 0.29) is 11.7 Å². The van der Waals surface area contributed by atoms with Gasteiger partial charge in [0, 0.05) is 67.8 Å². The van der Waals surface area contributed by atoms with Crippen LogP contribution >= 0.6 is 0 Å². The lowest BCUT2D eigenvalue weighted by molar-refractivity contribution is -0.192. The van der Waals surface area contributed by atoms with Crippen LogP contribution in [0.15, 0.2) is 67.0 Å². The van der Waals surface area contributed by atoms with Gasteiger partial charge in [0.1, 0.15) is 5.82 Å².